The molecule has 0 spiro atoms. The predicted molar refractivity (Wildman–Crippen MR) is 82.3 cm³/mol. The van der Waals surface area contributed by atoms with E-state index in [0.717, 1.165) is 16.6 Å². The number of likely N-dealkylation sites (tertiary alicyclic amines) is 1. The van der Waals surface area contributed by atoms with Crippen LogP contribution in [-0.4, -0.2) is 34.7 Å². The lowest BCUT2D eigenvalue weighted by molar-refractivity contribution is 0.00790. The molecule has 1 aliphatic heterocycles. The molecule has 4 heteroatoms. The number of ether oxygens (including phenoxy) is 1. The van der Waals surface area contributed by atoms with Gasteiger partial charge in [-0.05, 0) is 32.9 Å². The van der Waals surface area contributed by atoms with Crippen LogP contribution in [0.15, 0.2) is 36.4 Å². The fourth-order valence-electron chi connectivity index (χ4n) is 2.45. The number of aromatic nitrogens is 1. The Morgan fingerprint density at radius 2 is 1.90 bits per heavy atom. The first kappa shape index (κ1) is 13.9. The van der Waals surface area contributed by atoms with Crippen LogP contribution in [0.3, 0.4) is 0 Å². The fraction of sp³-hybridized carbons (Fsp3) is 0.412. The Kier molecular flexibility index (Phi) is 3.32. The first-order valence-electron chi connectivity index (χ1n) is 7.26. The smallest absolute Gasteiger partial charge is 0.410 e. The van der Waals surface area contributed by atoms with Gasteiger partial charge in [0.2, 0.25) is 0 Å². The Morgan fingerprint density at radius 3 is 2.62 bits per heavy atom. The second kappa shape index (κ2) is 5.02. The minimum absolute atomic E-state index is 0.237. The van der Waals surface area contributed by atoms with Crippen LogP contribution in [-0.2, 0) is 4.74 Å². The van der Waals surface area contributed by atoms with Gasteiger partial charge in [-0.3, -0.25) is 4.98 Å². The van der Waals surface area contributed by atoms with Gasteiger partial charge in [0, 0.05) is 30.1 Å². The minimum atomic E-state index is -0.441. The maximum Gasteiger partial charge on any atom is 0.410 e. The van der Waals surface area contributed by atoms with Crippen molar-refractivity contribution in [2.24, 2.45) is 0 Å². The molecule has 1 aromatic carbocycles. The average molecular weight is 284 g/mol. The number of rotatable bonds is 1. The quantitative estimate of drug-likeness (QED) is 0.804. The fourth-order valence-corrected chi connectivity index (χ4v) is 2.45. The van der Waals surface area contributed by atoms with E-state index in [4.69, 9.17) is 4.74 Å². The first-order chi connectivity index (χ1) is 9.92. The van der Waals surface area contributed by atoms with Gasteiger partial charge in [-0.2, -0.15) is 0 Å². The Balaban J connectivity index is 1.66. The molecule has 1 amide bonds. The Hall–Kier alpha value is -2.10. The molecule has 4 nitrogen and oxygen atoms in total. The summed E-state index contributed by atoms with van der Waals surface area (Å²) in [6, 6.07) is 12.2. The Labute approximate surface area is 124 Å². The molecule has 110 valence electrons. The molecule has 2 heterocycles. The molecule has 0 unspecified atom stereocenters. The van der Waals surface area contributed by atoms with Crippen molar-refractivity contribution >= 4 is 17.0 Å². The third-order valence-electron chi connectivity index (χ3n) is 3.57. The van der Waals surface area contributed by atoms with Crippen LogP contribution in [0, 0.1) is 0 Å². The van der Waals surface area contributed by atoms with Crippen LogP contribution in [0.4, 0.5) is 4.79 Å². The van der Waals surface area contributed by atoms with Crippen LogP contribution in [0.1, 0.15) is 32.4 Å². The molecule has 0 saturated carbocycles. The number of nitrogens with zero attached hydrogens (tertiary/aromatic N) is 2. The van der Waals surface area contributed by atoms with Crippen molar-refractivity contribution in [2.45, 2.75) is 32.3 Å². The number of fused-ring (bicyclic) bond motifs is 1. The van der Waals surface area contributed by atoms with Crippen molar-refractivity contribution in [2.75, 3.05) is 13.1 Å². The SMILES string of the molecule is CC(C)(C)OC(=O)N1CC(c2ccc3ccccc3n2)C1. The molecule has 3 rings (SSSR count). The van der Waals surface area contributed by atoms with Crippen molar-refractivity contribution in [1.82, 2.24) is 9.88 Å². The predicted octanol–water partition coefficient (Wildman–Crippen LogP) is 3.57. The molecule has 0 N–H and O–H groups in total. The average Bonchev–Trinajstić information content (AvgIpc) is 2.34. The van der Waals surface area contributed by atoms with Gasteiger partial charge in [0.05, 0.1) is 5.52 Å². The van der Waals surface area contributed by atoms with Gasteiger partial charge in [-0.25, -0.2) is 4.79 Å². The molecule has 0 aliphatic carbocycles. The third-order valence-corrected chi connectivity index (χ3v) is 3.57. The monoisotopic (exact) mass is 284 g/mol. The summed E-state index contributed by atoms with van der Waals surface area (Å²) < 4.78 is 5.36. The highest BCUT2D eigenvalue weighted by Crippen LogP contribution is 2.28. The maximum atomic E-state index is 11.9. The Morgan fingerprint density at radius 1 is 1.19 bits per heavy atom. The largest absolute Gasteiger partial charge is 0.444 e. The number of carbonyl (C=O) groups excluding carboxylic acids is 1. The molecule has 0 radical (unpaired) electrons. The summed E-state index contributed by atoms with van der Waals surface area (Å²) in [5.41, 5.74) is 1.61. The highest BCUT2D eigenvalue weighted by atomic mass is 16.6. The minimum Gasteiger partial charge on any atom is -0.444 e. The van der Waals surface area contributed by atoms with E-state index in [1.807, 2.05) is 39.0 Å². The number of carbonyl (C=O) groups is 1. The van der Waals surface area contributed by atoms with E-state index in [9.17, 15) is 4.79 Å². The van der Waals surface area contributed by atoms with Crippen LogP contribution in [0.5, 0.6) is 0 Å². The molecule has 21 heavy (non-hydrogen) atoms. The molecule has 1 aromatic heterocycles. The first-order valence-corrected chi connectivity index (χ1v) is 7.26. The normalized spacial score (nSPS) is 15.9. The number of hydrogen-bond acceptors (Lipinski definition) is 3. The molecule has 1 fully saturated rings. The Bertz CT molecular complexity index is 670. The van der Waals surface area contributed by atoms with Gasteiger partial charge in [-0.1, -0.05) is 24.3 Å². The number of hydrogen-bond donors (Lipinski definition) is 0. The highest BCUT2D eigenvalue weighted by Gasteiger charge is 2.35. The molecule has 1 saturated heterocycles. The van der Waals surface area contributed by atoms with Crippen LogP contribution < -0.4 is 0 Å². The molecule has 1 aliphatic rings. The zero-order valence-electron chi connectivity index (χ0n) is 12.7. The van der Waals surface area contributed by atoms with Crippen molar-refractivity contribution in [3.63, 3.8) is 0 Å². The van der Waals surface area contributed by atoms with Gasteiger partial charge >= 0.3 is 6.09 Å². The van der Waals surface area contributed by atoms with E-state index in [-0.39, 0.29) is 6.09 Å². The number of para-hydroxylation sites is 1. The van der Waals surface area contributed by atoms with E-state index in [1.54, 1.807) is 4.90 Å². The highest BCUT2D eigenvalue weighted by molar-refractivity contribution is 5.78. The second-order valence-electron chi connectivity index (χ2n) is 6.51. The lowest BCUT2D eigenvalue weighted by Gasteiger charge is -2.39. The lowest BCUT2D eigenvalue weighted by atomic mass is 9.96. The van der Waals surface area contributed by atoms with Gasteiger partial charge in [0.1, 0.15) is 5.60 Å². The van der Waals surface area contributed by atoms with E-state index in [0.29, 0.717) is 19.0 Å². The van der Waals surface area contributed by atoms with Gasteiger partial charge in [0.15, 0.2) is 0 Å². The second-order valence-corrected chi connectivity index (χ2v) is 6.51. The van der Waals surface area contributed by atoms with Crippen molar-refractivity contribution in [3.8, 4) is 0 Å². The molecule has 0 atom stereocenters. The number of pyridine rings is 1. The molecule has 2 aromatic rings. The van der Waals surface area contributed by atoms with E-state index in [1.165, 1.54) is 0 Å². The third kappa shape index (κ3) is 2.99. The van der Waals surface area contributed by atoms with E-state index < -0.39 is 5.60 Å². The van der Waals surface area contributed by atoms with Crippen molar-refractivity contribution < 1.29 is 9.53 Å². The van der Waals surface area contributed by atoms with Crippen LogP contribution in [0.25, 0.3) is 10.9 Å². The maximum absolute atomic E-state index is 11.9. The summed E-state index contributed by atoms with van der Waals surface area (Å²) in [6.45, 7) is 7.01. The summed E-state index contributed by atoms with van der Waals surface area (Å²) in [5.74, 6) is 0.308. The van der Waals surface area contributed by atoms with E-state index in [2.05, 4.69) is 23.2 Å². The summed E-state index contributed by atoms with van der Waals surface area (Å²) in [6.07, 6.45) is -0.237. The van der Waals surface area contributed by atoms with Crippen molar-refractivity contribution in [3.05, 3.63) is 42.1 Å². The topological polar surface area (TPSA) is 42.4 Å². The zero-order chi connectivity index (χ0) is 15.0. The van der Waals surface area contributed by atoms with Gasteiger partial charge in [-0.15, -0.1) is 0 Å². The number of amides is 1. The standard InChI is InChI=1S/C17H20N2O2/c1-17(2,3)21-16(20)19-10-13(11-19)15-9-8-12-6-4-5-7-14(12)18-15/h4-9,13H,10-11H2,1-3H3. The summed E-state index contributed by atoms with van der Waals surface area (Å²) in [5, 5.41) is 1.14. The van der Waals surface area contributed by atoms with Gasteiger partial charge in [0.25, 0.3) is 0 Å². The molecule has 0 bridgehead atoms. The van der Waals surface area contributed by atoms with Gasteiger partial charge < -0.3 is 9.64 Å². The van der Waals surface area contributed by atoms with E-state index >= 15 is 0 Å². The molecular weight excluding hydrogens is 264 g/mol. The van der Waals surface area contributed by atoms with Crippen molar-refractivity contribution in [1.29, 1.82) is 0 Å². The lowest BCUT2D eigenvalue weighted by Crippen LogP contribution is -2.50. The zero-order valence-corrected chi connectivity index (χ0v) is 12.7. The summed E-state index contributed by atoms with van der Waals surface area (Å²) in [7, 11) is 0. The van der Waals surface area contributed by atoms with Crippen LogP contribution >= 0.6 is 0 Å². The van der Waals surface area contributed by atoms with Crippen LogP contribution in [0.2, 0.25) is 0 Å². The molecular formula is C17H20N2O2. The number of benzene rings is 1. The summed E-state index contributed by atoms with van der Waals surface area (Å²) >= 11 is 0. The summed E-state index contributed by atoms with van der Waals surface area (Å²) in [4.78, 5) is 18.3.